The molecule has 0 aliphatic rings. The van der Waals surface area contributed by atoms with Crippen LogP contribution in [-0.2, 0) is 0 Å². The summed E-state index contributed by atoms with van der Waals surface area (Å²) >= 11 is 5.83. The van der Waals surface area contributed by atoms with Crippen LogP contribution in [0.2, 0.25) is 5.02 Å². The predicted molar refractivity (Wildman–Crippen MR) is 63.4 cm³/mol. The lowest BCUT2D eigenvalue weighted by Gasteiger charge is -2.04. The summed E-state index contributed by atoms with van der Waals surface area (Å²) < 4.78 is 1.25. The summed E-state index contributed by atoms with van der Waals surface area (Å²) in [6.07, 6.45) is 1.18. The highest BCUT2D eigenvalue weighted by Crippen LogP contribution is 2.19. The molecule has 0 aliphatic carbocycles. The van der Waals surface area contributed by atoms with Crippen LogP contribution in [0.25, 0.3) is 5.82 Å². The molecule has 8 heteroatoms. The molecule has 0 aliphatic heterocycles. The van der Waals surface area contributed by atoms with Crippen LogP contribution in [0.15, 0.2) is 11.1 Å². The Bertz CT molecular complexity index is 689. The molecule has 0 fully saturated rings. The fourth-order valence-electron chi connectivity index (χ4n) is 1.68. The van der Waals surface area contributed by atoms with Crippen LogP contribution >= 0.6 is 11.6 Å². The molecule has 18 heavy (non-hydrogen) atoms. The highest BCUT2D eigenvalue weighted by molar-refractivity contribution is 6.31. The number of aryl methyl sites for hydroxylation is 1. The van der Waals surface area contributed by atoms with Gasteiger partial charge in [-0.05, 0) is 13.8 Å². The van der Waals surface area contributed by atoms with E-state index in [1.165, 1.54) is 11.0 Å². The summed E-state index contributed by atoms with van der Waals surface area (Å²) in [5.41, 5.74) is 0.261. The molecular weight excluding hydrogens is 260 g/mol. The third-order valence-corrected chi connectivity index (χ3v) is 2.82. The number of rotatable bonds is 2. The monoisotopic (exact) mass is 268 g/mol. The second-order valence-corrected chi connectivity index (χ2v) is 4.01. The fourth-order valence-corrected chi connectivity index (χ4v) is 1.86. The fraction of sp³-hybridized carbons (Fsp3) is 0.200. The van der Waals surface area contributed by atoms with E-state index in [1.807, 2.05) is 0 Å². The van der Waals surface area contributed by atoms with Gasteiger partial charge in [-0.3, -0.25) is 4.79 Å². The Hall–Kier alpha value is -2.15. The van der Waals surface area contributed by atoms with Gasteiger partial charge in [0.1, 0.15) is 5.56 Å². The summed E-state index contributed by atoms with van der Waals surface area (Å²) in [4.78, 5) is 28.7. The predicted octanol–water partition coefficient (Wildman–Crippen LogP) is 0.924. The number of hydrogen-bond acceptors (Lipinski definition) is 4. The molecule has 0 atom stereocenters. The van der Waals surface area contributed by atoms with E-state index in [1.54, 1.807) is 13.8 Å². The number of nitrogens with zero attached hydrogens (tertiary/aromatic N) is 3. The van der Waals surface area contributed by atoms with Crippen LogP contribution in [0.3, 0.4) is 0 Å². The van der Waals surface area contributed by atoms with Crippen LogP contribution in [0, 0.1) is 13.8 Å². The van der Waals surface area contributed by atoms with Crippen molar-refractivity contribution in [1.29, 1.82) is 0 Å². The number of aromatic carboxylic acids is 1. The Balaban J connectivity index is 2.73. The van der Waals surface area contributed by atoms with Crippen molar-refractivity contribution in [2.24, 2.45) is 0 Å². The van der Waals surface area contributed by atoms with Crippen molar-refractivity contribution in [1.82, 2.24) is 19.7 Å². The third-order valence-electron chi connectivity index (χ3n) is 2.48. The maximum Gasteiger partial charge on any atom is 0.339 e. The van der Waals surface area contributed by atoms with Gasteiger partial charge in [0.25, 0.3) is 5.56 Å². The number of carbonyl (C=O) groups is 1. The Morgan fingerprint density at radius 1 is 1.50 bits per heavy atom. The van der Waals surface area contributed by atoms with E-state index >= 15 is 0 Å². The number of carboxylic acid groups (broad SMARTS) is 1. The molecule has 0 radical (unpaired) electrons. The average molecular weight is 269 g/mol. The van der Waals surface area contributed by atoms with Crippen molar-refractivity contribution in [2.45, 2.75) is 13.8 Å². The molecule has 0 saturated heterocycles. The molecule has 2 aromatic heterocycles. The van der Waals surface area contributed by atoms with Crippen LogP contribution in [-0.4, -0.2) is 30.8 Å². The number of H-pyrrole nitrogens is 1. The lowest BCUT2D eigenvalue weighted by Crippen LogP contribution is -2.13. The van der Waals surface area contributed by atoms with Gasteiger partial charge in [0, 0.05) is 0 Å². The topological polar surface area (TPSA) is 101 Å². The molecule has 2 N–H and O–H groups in total. The number of nitrogens with one attached hydrogen (secondary N) is 1. The van der Waals surface area contributed by atoms with Crippen LogP contribution in [0.1, 0.15) is 21.7 Å². The van der Waals surface area contributed by atoms with Gasteiger partial charge in [-0.25, -0.2) is 14.5 Å². The summed E-state index contributed by atoms with van der Waals surface area (Å²) in [7, 11) is 0. The first-order valence-electron chi connectivity index (χ1n) is 4.96. The molecule has 2 aromatic rings. The maximum atomic E-state index is 11.4. The smallest absolute Gasteiger partial charge is 0.339 e. The SMILES string of the molecule is Cc1nn(-c2nc[nH]c(=O)c2Cl)c(C)c1C(=O)O. The molecule has 7 nitrogen and oxygen atoms in total. The largest absolute Gasteiger partial charge is 0.478 e. The van der Waals surface area contributed by atoms with Crippen molar-refractivity contribution in [3.8, 4) is 5.82 Å². The molecule has 0 aromatic carbocycles. The molecule has 2 heterocycles. The molecule has 2 rings (SSSR count). The Kier molecular flexibility index (Phi) is 2.92. The zero-order valence-electron chi connectivity index (χ0n) is 9.56. The first-order valence-corrected chi connectivity index (χ1v) is 5.34. The average Bonchev–Trinajstić information content (AvgIpc) is 2.58. The summed E-state index contributed by atoms with van der Waals surface area (Å²) in [6.45, 7) is 3.14. The minimum atomic E-state index is -1.09. The maximum absolute atomic E-state index is 11.4. The van der Waals surface area contributed by atoms with Crippen molar-refractivity contribution < 1.29 is 9.90 Å². The van der Waals surface area contributed by atoms with Gasteiger partial charge in [-0.15, -0.1) is 0 Å². The lowest BCUT2D eigenvalue weighted by atomic mass is 10.2. The normalized spacial score (nSPS) is 10.6. The Morgan fingerprint density at radius 2 is 2.17 bits per heavy atom. The Labute approximate surface area is 106 Å². The summed E-state index contributed by atoms with van der Waals surface area (Å²) in [5.74, 6) is -0.981. The highest BCUT2D eigenvalue weighted by atomic mass is 35.5. The first-order chi connectivity index (χ1) is 8.43. The van der Waals surface area contributed by atoms with E-state index in [0.29, 0.717) is 11.4 Å². The zero-order chi connectivity index (χ0) is 13.4. The van der Waals surface area contributed by atoms with Gasteiger partial charge in [0.15, 0.2) is 10.8 Å². The van der Waals surface area contributed by atoms with E-state index in [9.17, 15) is 9.59 Å². The molecule has 0 unspecified atom stereocenters. The second kappa shape index (κ2) is 4.26. The van der Waals surface area contributed by atoms with E-state index in [4.69, 9.17) is 16.7 Å². The number of aromatic amines is 1. The number of aromatic nitrogens is 4. The number of hydrogen-bond donors (Lipinski definition) is 2. The van der Waals surface area contributed by atoms with Crippen LogP contribution in [0.5, 0.6) is 0 Å². The van der Waals surface area contributed by atoms with E-state index in [2.05, 4.69) is 15.1 Å². The molecule has 0 amide bonds. The van der Waals surface area contributed by atoms with Crippen molar-refractivity contribution in [3.05, 3.63) is 38.7 Å². The van der Waals surface area contributed by atoms with Gasteiger partial charge in [0.05, 0.1) is 17.7 Å². The summed E-state index contributed by atoms with van der Waals surface area (Å²) in [6, 6.07) is 0. The summed E-state index contributed by atoms with van der Waals surface area (Å²) in [5, 5.41) is 13.0. The van der Waals surface area contributed by atoms with Gasteiger partial charge in [-0.2, -0.15) is 5.10 Å². The van der Waals surface area contributed by atoms with Crippen molar-refractivity contribution >= 4 is 17.6 Å². The molecule has 0 bridgehead atoms. The van der Waals surface area contributed by atoms with Crippen molar-refractivity contribution in [2.75, 3.05) is 0 Å². The minimum absolute atomic E-state index is 0.0770. The van der Waals surface area contributed by atoms with Gasteiger partial charge < -0.3 is 10.1 Å². The van der Waals surface area contributed by atoms with Gasteiger partial charge in [-0.1, -0.05) is 11.6 Å². The highest BCUT2D eigenvalue weighted by Gasteiger charge is 2.20. The minimum Gasteiger partial charge on any atom is -0.478 e. The zero-order valence-corrected chi connectivity index (χ0v) is 10.3. The van der Waals surface area contributed by atoms with E-state index in [0.717, 1.165) is 0 Å². The standard InChI is InChI=1S/C10H9ClN4O3/c1-4-6(10(17)18)5(2)15(14-4)8-7(11)9(16)13-3-12-8/h3H,1-2H3,(H,17,18)(H,12,13,16). The second-order valence-electron chi connectivity index (χ2n) is 3.63. The van der Waals surface area contributed by atoms with E-state index < -0.39 is 11.5 Å². The van der Waals surface area contributed by atoms with Crippen molar-refractivity contribution in [3.63, 3.8) is 0 Å². The number of carboxylic acids is 1. The first kappa shape index (κ1) is 12.3. The Morgan fingerprint density at radius 3 is 2.72 bits per heavy atom. The van der Waals surface area contributed by atoms with Crippen LogP contribution in [0.4, 0.5) is 0 Å². The van der Waals surface area contributed by atoms with Gasteiger partial charge in [0.2, 0.25) is 0 Å². The lowest BCUT2D eigenvalue weighted by molar-refractivity contribution is 0.0695. The van der Waals surface area contributed by atoms with E-state index in [-0.39, 0.29) is 16.4 Å². The third kappa shape index (κ3) is 1.78. The molecule has 0 spiro atoms. The quantitative estimate of drug-likeness (QED) is 0.843. The van der Waals surface area contributed by atoms with Crippen LogP contribution < -0.4 is 5.56 Å². The van der Waals surface area contributed by atoms with Gasteiger partial charge >= 0.3 is 5.97 Å². The molecular formula is C10H9ClN4O3. The number of halogens is 1. The molecule has 94 valence electrons. The molecule has 0 saturated carbocycles.